The number of carboxylic acid groups (broad SMARTS) is 1. The van der Waals surface area contributed by atoms with Crippen molar-refractivity contribution in [1.29, 1.82) is 0 Å². The first-order chi connectivity index (χ1) is 7.46. The molecule has 0 aromatic carbocycles. The molecule has 92 valence electrons. The highest BCUT2D eigenvalue weighted by Gasteiger charge is 2.51. The summed E-state index contributed by atoms with van der Waals surface area (Å²) in [6.45, 7) is 6.99. The van der Waals surface area contributed by atoms with Gasteiger partial charge in [0.05, 0.1) is 0 Å². The van der Waals surface area contributed by atoms with Crippen LogP contribution in [-0.2, 0) is 18.8 Å². The molecular formula is C10H18O5P+. The summed E-state index contributed by atoms with van der Waals surface area (Å²) >= 11 is 0. The van der Waals surface area contributed by atoms with Gasteiger partial charge in [0.15, 0.2) is 0 Å². The van der Waals surface area contributed by atoms with E-state index in [2.05, 4.69) is 0 Å². The van der Waals surface area contributed by atoms with Gasteiger partial charge in [0.1, 0.15) is 0 Å². The average molecular weight is 249 g/mol. The van der Waals surface area contributed by atoms with E-state index in [4.69, 9.17) is 9.47 Å². The first-order valence-corrected chi connectivity index (χ1v) is 5.94. The average Bonchev–Trinajstić information content (AvgIpc) is 2.18. The Labute approximate surface area is 96.6 Å². The van der Waals surface area contributed by atoms with Gasteiger partial charge in [-0.2, -0.15) is 0 Å². The van der Waals surface area contributed by atoms with Crippen LogP contribution in [0.1, 0.15) is 27.7 Å². The molecule has 0 rings (SSSR count). The van der Waals surface area contributed by atoms with Gasteiger partial charge in [-0.15, -0.1) is 0 Å². The summed E-state index contributed by atoms with van der Waals surface area (Å²) in [5.41, 5.74) is 0.623. The van der Waals surface area contributed by atoms with E-state index in [9.17, 15) is 14.5 Å². The lowest BCUT2D eigenvalue weighted by Crippen LogP contribution is -2.45. The Morgan fingerprint density at radius 1 is 1.25 bits per heavy atom. The fourth-order valence-corrected chi connectivity index (χ4v) is 1.91. The van der Waals surface area contributed by atoms with Crippen LogP contribution in [0.3, 0.4) is 0 Å². The van der Waals surface area contributed by atoms with Crippen LogP contribution in [-0.4, -0.2) is 30.1 Å². The summed E-state index contributed by atoms with van der Waals surface area (Å²) < 4.78 is 21.5. The first kappa shape index (κ1) is 15.2. The smallest absolute Gasteiger partial charge is 0.374 e. The molecule has 0 heterocycles. The predicted molar refractivity (Wildman–Crippen MR) is 61.0 cm³/mol. The molecule has 0 aromatic rings. The second kappa shape index (κ2) is 6.74. The Morgan fingerprint density at radius 2 is 1.69 bits per heavy atom. The minimum Gasteiger partial charge on any atom is -0.477 e. The zero-order chi connectivity index (χ0) is 12.8. The van der Waals surface area contributed by atoms with E-state index in [0.717, 1.165) is 0 Å². The minimum atomic E-state index is -1.91. The molecule has 0 radical (unpaired) electrons. The quantitative estimate of drug-likeness (QED) is 0.553. The van der Waals surface area contributed by atoms with Gasteiger partial charge >= 0.3 is 20.2 Å². The van der Waals surface area contributed by atoms with Gasteiger partial charge in [-0.05, 0) is 33.3 Å². The molecule has 0 bridgehead atoms. The van der Waals surface area contributed by atoms with Crippen LogP contribution in [0, 0.1) is 0 Å². The largest absolute Gasteiger partial charge is 0.477 e. The lowest BCUT2D eigenvalue weighted by atomic mass is 10.1. The monoisotopic (exact) mass is 249 g/mol. The van der Waals surface area contributed by atoms with Gasteiger partial charge in [-0.1, -0.05) is 4.57 Å². The third-order valence-corrected chi connectivity index (χ3v) is 2.94. The fourth-order valence-electron chi connectivity index (χ4n) is 1.32. The van der Waals surface area contributed by atoms with Crippen LogP contribution in [0.25, 0.3) is 0 Å². The molecule has 0 spiro atoms. The number of aliphatic carboxylic acids is 1. The van der Waals surface area contributed by atoms with Crippen molar-refractivity contribution in [2.45, 2.75) is 33.5 Å². The second-order valence-electron chi connectivity index (χ2n) is 3.26. The maximum absolute atomic E-state index is 11.3. The lowest BCUT2D eigenvalue weighted by Gasteiger charge is -2.25. The zero-order valence-corrected chi connectivity index (χ0v) is 11.0. The van der Waals surface area contributed by atoms with E-state index in [-0.39, 0.29) is 18.5 Å². The number of allylic oxidation sites excluding steroid dienone is 1. The molecule has 1 atom stereocenters. The van der Waals surface area contributed by atoms with Crippen molar-refractivity contribution in [2.75, 3.05) is 13.2 Å². The topological polar surface area (TPSA) is 72.8 Å². The minimum absolute atomic E-state index is 0.156. The van der Waals surface area contributed by atoms with E-state index in [0.29, 0.717) is 5.57 Å². The standard InChI is InChI=1S/C10H17O5P/c1-5-14-10(9(11)12,15-6-2)8(16-13)7(3)4/h5-6H2,1-4H3,(H,11,12)/p+1. The molecule has 0 saturated heterocycles. The SMILES string of the molecule is CCOC(OCC)(C(=O)O)C([PH+]=O)=C(C)C. The maximum Gasteiger partial charge on any atom is 0.374 e. The molecular weight excluding hydrogens is 231 g/mol. The zero-order valence-electron chi connectivity index (χ0n) is 9.99. The van der Waals surface area contributed by atoms with E-state index in [1.807, 2.05) is 0 Å². The fraction of sp³-hybridized carbons (Fsp3) is 0.700. The summed E-state index contributed by atoms with van der Waals surface area (Å²) in [4.78, 5) is 11.3. The molecule has 0 fully saturated rings. The molecule has 0 aliphatic heterocycles. The van der Waals surface area contributed by atoms with E-state index < -0.39 is 20.2 Å². The van der Waals surface area contributed by atoms with Crippen molar-refractivity contribution < 1.29 is 23.9 Å². The van der Waals surface area contributed by atoms with Crippen LogP contribution in [0.15, 0.2) is 10.9 Å². The Kier molecular flexibility index (Phi) is 6.41. The Morgan fingerprint density at radius 3 is 1.88 bits per heavy atom. The van der Waals surface area contributed by atoms with Crippen LogP contribution in [0.4, 0.5) is 0 Å². The molecule has 0 aliphatic rings. The van der Waals surface area contributed by atoms with Gasteiger partial charge < -0.3 is 14.6 Å². The Bertz CT molecular complexity index is 288. The Balaban J connectivity index is 5.57. The molecule has 5 nitrogen and oxygen atoms in total. The van der Waals surface area contributed by atoms with Crippen LogP contribution in [0.5, 0.6) is 0 Å². The van der Waals surface area contributed by atoms with Crippen molar-refractivity contribution in [1.82, 2.24) is 0 Å². The number of hydrogen-bond acceptors (Lipinski definition) is 4. The van der Waals surface area contributed by atoms with Gasteiger partial charge in [-0.3, -0.25) is 0 Å². The Hall–Kier alpha value is -0.770. The number of carbonyl (C=O) groups is 1. The second-order valence-corrected chi connectivity index (χ2v) is 3.97. The van der Waals surface area contributed by atoms with Crippen LogP contribution < -0.4 is 0 Å². The van der Waals surface area contributed by atoms with Gasteiger partial charge in [-0.25, -0.2) is 4.79 Å². The third-order valence-electron chi connectivity index (χ3n) is 1.91. The van der Waals surface area contributed by atoms with Crippen LogP contribution in [0.2, 0.25) is 0 Å². The summed E-state index contributed by atoms with van der Waals surface area (Å²) in [5.74, 6) is -3.20. The summed E-state index contributed by atoms with van der Waals surface area (Å²) in [5, 5.41) is 9.37. The van der Waals surface area contributed by atoms with Crippen molar-refractivity contribution in [3.05, 3.63) is 10.9 Å². The number of hydrogen-bond donors (Lipinski definition) is 1. The summed E-state index contributed by atoms with van der Waals surface area (Å²) in [6, 6.07) is 0. The molecule has 1 unspecified atom stereocenters. The van der Waals surface area contributed by atoms with Crippen molar-refractivity contribution in [3.63, 3.8) is 0 Å². The molecule has 0 aromatic heterocycles. The highest BCUT2D eigenvalue weighted by Crippen LogP contribution is 2.34. The maximum atomic E-state index is 11.3. The highest BCUT2D eigenvalue weighted by molar-refractivity contribution is 7.29. The van der Waals surface area contributed by atoms with E-state index in [1.165, 1.54) is 0 Å². The van der Waals surface area contributed by atoms with Gasteiger partial charge in [0.25, 0.3) is 0 Å². The highest BCUT2D eigenvalue weighted by atomic mass is 31.1. The van der Waals surface area contributed by atoms with Crippen molar-refractivity contribution in [3.8, 4) is 0 Å². The molecule has 0 saturated carbocycles. The molecule has 1 N–H and O–H groups in total. The normalized spacial score (nSPS) is 11.5. The molecule has 6 heteroatoms. The van der Waals surface area contributed by atoms with E-state index >= 15 is 0 Å². The molecule has 16 heavy (non-hydrogen) atoms. The van der Waals surface area contributed by atoms with Crippen molar-refractivity contribution >= 4 is 14.4 Å². The molecule has 0 amide bonds. The van der Waals surface area contributed by atoms with Gasteiger partial charge in [0, 0.05) is 13.2 Å². The first-order valence-electron chi connectivity index (χ1n) is 5.03. The van der Waals surface area contributed by atoms with E-state index in [1.54, 1.807) is 27.7 Å². The van der Waals surface area contributed by atoms with Crippen molar-refractivity contribution in [2.24, 2.45) is 0 Å². The molecule has 0 aliphatic carbocycles. The summed E-state index contributed by atoms with van der Waals surface area (Å²) in [7, 11) is -0.908. The lowest BCUT2D eigenvalue weighted by molar-refractivity contribution is -0.221. The van der Waals surface area contributed by atoms with Crippen LogP contribution >= 0.6 is 8.46 Å². The summed E-state index contributed by atoms with van der Waals surface area (Å²) in [6.07, 6.45) is 0. The third kappa shape index (κ3) is 3.11. The number of ether oxygens (including phenoxy) is 2. The predicted octanol–water partition coefficient (Wildman–Crippen LogP) is 2.16. The number of rotatable bonds is 7. The number of carboxylic acids is 1. The van der Waals surface area contributed by atoms with Gasteiger partial charge in [0.2, 0.25) is 5.31 Å².